The van der Waals surface area contributed by atoms with Crippen molar-refractivity contribution in [2.24, 2.45) is 7.05 Å². The molecule has 2 aliphatic rings. The maximum absolute atomic E-state index is 4.64. The van der Waals surface area contributed by atoms with E-state index in [0.29, 0.717) is 11.5 Å². The summed E-state index contributed by atoms with van der Waals surface area (Å²) in [6.07, 6.45) is 10.7. The smallest absolute Gasteiger partial charge is 0.0868 e. The average Bonchev–Trinajstić information content (AvgIpc) is 2.99. The Balaban J connectivity index is 1.97. The van der Waals surface area contributed by atoms with Crippen LogP contribution in [0, 0.1) is 6.92 Å². The van der Waals surface area contributed by atoms with Crippen LogP contribution in [0.2, 0.25) is 0 Å². The molecule has 4 heteroatoms. The molecule has 4 nitrogen and oxygen atoms in total. The van der Waals surface area contributed by atoms with Crippen molar-refractivity contribution in [3.8, 4) is 0 Å². The zero-order valence-electron chi connectivity index (χ0n) is 13.3. The second kappa shape index (κ2) is 4.54. The van der Waals surface area contributed by atoms with Gasteiger partial charge in [-0.25, -0.2) is 0 Å². The highest BCUT2D eigenvalue weighted by molar-refractivity contribution is 5.85. The van der Waals surface area contributed by atoms with E-state index in [0.717, 1.165) is 5.69 Å². The second-order valence-electron chi connectivity index (χ2n) is 6.94. The maximum Gasteiger partial charge on any atom is 0.0868 e. The van der Waals surface area contributed by atoms with Gasteiger partial charge in [0, 0.05) is 30.1 Å². The van der Waals surface area contributed by atoms with Crippen LogP contribution in [0.4, 0.5) is 0 Å². The summed E-state index contributed by atoms with van der Waals surface area (Å²) in [4.78, 5) is 7.14. The lowest BCUT2D eigenvalue weighted by molar-refractivity contribution is 0.182. The van der Waals surface area contributed by atoms with Gasteiger partial charge in [-0.1, -0.05) is 12.8 Å². The number of aryl methyl sites for hydroxylation is 2. The van der Waals surface area contributed by atoms with Gasteiger partial charge in [0.1, 0.15) is 0 Å². The molecule has 1 saturated carbocycles. The number of nitrogens with zero attached hydrogens (tertiary/aromatic N) is 4. The van der Waals surface area contributed by atoms with Gasteiger partial charge in [-0.05, 0) is 45.3 Å². The first-order valence-corrected chi connectivity index (χ1v) is 8.11. The number of aromatic nitrogens is 3. The number of likely N-dealkylation sites (tertiary alicyclic amines) is 1. The van der Waals surface area contributed by atoms with E-state index in [1.54, 1.807) is 0 Å². The summed E-state index contributed by atoms with van der Waals surface area (Å²) in [5.74, 6) is 0. The molecule has 0 aromatic carbocycles. The second-order valence-corrected chi connectivity index (χ2v) is 6.94. The summed E-state index contributed by atoms with van der Waals surface area (Å²) in [5, 5.41) is 5.99. The summed E-state index contributed by atoms with van der Waals surface area (Å²) < 4.78 is 1.98. The van der Waals surface area contributed by atoms with Crippen LogP contribution in [0.5, 0.6) is 0 Å². The predicted octanol–water partition coefficient (Wildman–Crippen LogP) is 2.79. The minimum absolute atomic E-state index is 0.299. The number of pyridine rings is 1. The van der Waals surface area contributed by atoms with Crippen LogP contribution < -0.4 is 0 Å². The Morgan fingerprint density at radius 3 is 2.90 bits per heavy atom. The lowest BCUT2D eigenvalue weighted by atomic mass is 9.66. The molecule has 0 spiro atoms. The first-order valence-electron chi connectivity index (χ1n) is 8.11. The van der Waals surface area contributed by atoms with Crippen molar-refractivity contribution in [1.82, 2.24) is 19.7 Å². The summed E-state index contributed by atoms with van der Waals surface area (Å²) in [5.41, 5.74) is 4.09. The van der Waals surface area contributed by atoms with E-state index in [-0.39, 0.29) is 0 Å². The Labute approximate surface area is 126 Å². The molecule has 2 fully saturated rings. The lowest BCUT2D eigenvalue weighted by Gasteiger charge is -2.41. The molecule has 1 saturated heterocycles. The Bertz CT molecular complexity index is 685. The molecule has 1 aliphatic heterocycles. The molecule has 0 N–H and O–H groups in total. The molecule has 0 amide bonds. The summed E-state index contributed by atoms with van der Waals surface area (Å²) in [6.45, 7) is 3.35. The highest BCUT2D eigenvalue weighted by Crippen LogP contribution is 2.50. The van der Waals surface area contributed by atoms with Crippen molar-refractivity contribution >= 4 is 10.9 Å². The van der Waals surface area contributed by atoms with Crippen LogP contribution in [0.15, 0.2) is 12.4 Å². The van der Waals surface area contributed by atoms with Crippen molar-refractivity contribution in [3.05, 3.63) is 23.7 Å². The Morgan fingerprint density at radius 1 is 1.19 bits per heavy atom. The average molecular weight is 284 g/mol. The Kier molecular flexibility index (Phi) is 2.86. The van der Waals surface area contributed by atoms with Gasteiger partial charge in [-0.2, -0.15) is 5.10 Å². The molecule has 3 heterocycles. The van der Waals surface area contributed by atoms with Gasteiger partial charge in [0.2, 0.25) is 0 Å². The lowest BCUT2D eigenvalue weighted by Crippen LogP contribution is -2.43. The molecule has 2 aromatic heterocycles. The van der Waals surface area contributed by atoms with Crippen LogP contribution in [-0.4, -0.2) is 39.3 Å². The van der Waals surface area contributed by atoms with Gasteiger partial charge < -0.3 is 4.90 Å². The van der Waals surface area contributed by atoms with E-state index in [2.05, 4.69) is 35.2 Å². The molecule has 2 unspecified atom stereocenters. The zero-order valence-corrected chi connectivity index (χ0v) is 13.3. The first kappa shape index (κ1) is 13.3. The number of hydrogen-bond donors (Lipinski definition) is 0. The number of likely N-dealkylation sites (N-methyl/N-ethyl adjacent to an activating group) is 1. The monoisotopic (exact) mass is 284 g/mol. The highest BCUT2D eigenvalue weighted by atomic mass is 15.3. The van der Waals surface area contributed by atoms with Crippen LogP contribution >= 0.6 is 0 Å². The Hall–Kier alpha value is -1.42. The van der Waals surface area contributed by atoms with Gasteiger partial charge in [-0.15, -0.1) is 0 Å². The third kappa shape index (κ3) is 1.71. The van der Waals surface area contributed by atoms with E-state index in [4.69, 9.17) is 0 Å². The van der Waals surface area contributed by atoms with E-state index >= 15 is 0 Å². The molecule has 4 rings (SSSR count). The van der Waals surface area contributed by atoms with E-state index in [9.17, 15) is 0 Å². The van der Waals surface area contributed by atoms with Gasteiger partial charge >= 0.3 is 0 Å². The summed E-state index contributed by atoms with van der Waals surface area (Å²) >= 11 is 0. The molecule has 2 atom stereocenters. The van der Waals surface area contributed by atoms with Gasteiger partial charge in [0.25, 0.3) is 0 Å². The van der Waals surface area contributed by atoms with Gasteiger partial charge in [0.15, 0.2) is 0 Å². The molecule has 112 valence electrons. The molecule has 0 bridgehead atoms. The predicted molar refractivity (Wildman–Crippen MR) is 84.4 cm³/mol. The highest BCUT2D eigenvalue weighted by Gasteiger charge is 2.49. The molecule has 21 heavy (non-hydrogen) atoms. The van der Waals surface area contributed by atoms with Crippen molar-refractivity contribution in [1.29, 1.82) is 0 Å². The standard InChI is InChI=1S/C17H24N4/c1-12-16-13(10-18-11-14(16)21(3)19-12)17-7-5-4-6-15(17)20(2)9-8-17/h10-11,15H,4-9H2,1-3H3. The van der Waals surface area contributed by atoms with E-state index in [1.807, 2.05) is 17.9 Å². The summed E-state index contributed by atoms with van der Waals surface area (Å²) in [7, 11) is 4.32. The van der Waals surface area contributed by atoms with Gasteiger partial charge in [-0.3, -0.25) is 9.67 Å². The SMILES string of the molecule is Cc1nn(C)c2cncc(C34CCCCC3N(C)CC4)c12. The third-order valence-corrected chi connectivity index (χ3v) is 5.90. The molecular weight excluding hydrogens is 260 g/mol. The third-order valence-electron chi connectivity index (χ3n) is 5.90. The molecule has 1 aliphatic carbocycles. The number of hydrogen-bond acceptors (Lipinski definition) is 3. The van der Waals surface area contributed by atoms with Crippen molar-refractivity contribution in [2.45, 2.75) is 50.5 Å². The van der Waals surface area contributed by atoms with Crippen LogP contribution in [0.25, 0.3) is 10.9 Å². The van der Waals surface area contributed by atoms with Gasteiger partial charge in [0.05, 0.1) is 17.4 Å². The maximum atomic E-state index is 4.64. The number of rotatable bonds is 1. The molecule has 0 radical (unpaired) electrons. The van der Waals surface area contributed by atoms with E-state index in [1.165, 1.54) is 55.1 Å². The van der Waals surface area contributed by atoms with E-state index < -0.39 is 0 Å². The molecular formula is C17H24N4. The molecule has 2 aromatic rings. The van der Waals surface area contributed by atoms with Crippen molar-refractivity contribution in [2.75, 3.05) is 13.6 Å². The number of fused-ring (bicyclic) bond motifs is 2. The van der Waals surface area contributed by atoms with Crippen LogP contribution in [0.3, 0.4) is 0 Å². The normalized spacial score (nSPS) is 30.0. The van der Waals surface area contributed by atoms with Crippen molar-refractivity contribution < 1.29 is 0 Å². The topological polar surface area (TPSA) is 34.0 Å². The Morgan fingerprint density at radius 2 is 2.05 bits per heavy atom. The summed E-state index contributed by atoms with van der Waals surface area (Å²) in [6, 6.07) is 0.679. The van der Waals surface area contributed by atoms with Crippen LogP contribution in [-0.2, 0) is 12.5 Å². The van der Waals surface area contributed by atoms with Crippen LogP contribution in [0.1, 0.15) is 43.4 Å². The quantitative estimate of drug-likeness (QED) is 0.807. The fourth-order valence-corrected chi connectivity index (χ4v) is 4.92. The van der Waals surface area contributed by atoms with Crippen molar-refractivity contribution in [3.63, 3.8) is 0 Å². The largest absolute Gasteiger partial charge is 0.302 e. The zero-order chi connectivity index (χ0) is 14.6. The fraction of sp³-hybridized carbons (Fsp3) is 0.647. The minimum atomic E-state index is 0.299. The first-order chi connectivity index (χ1) is 10.1. The minimum Gasteiger partial charge on any atom is -0.302 e. The fourth-order valence-electron chi connectivity index (χ4n) is 4.92.